The number of phenols is 1. The lowest BCUT2D eigenvalue weighted by atomic mass is 10.2. The number of hydrogen-bond donors (Lipinski definition) is 2. The number of aromatic carboxylic acids is 1. The Morgan fingerprint density at radius 2 is 1.34 bits per heavy atom. The minimum Gasteiger partial charge on any atom is -0.508 e. The number of carbonyl (C=O) groups is 2. The summed E-state index contributed by atoms with van der Waals surface area (Å²) in [7, 11) is -2.03. The summed E-state index contributed by atoms with van der Waals surface area (Å²) in [6, 6.07) is 19.0. The Labute approximate surface area is 170 Å². The highest BCUT2D eigenvalue weighted by molar-refractivity contribution is 7.00. The third-order valence-corrected chi connectivity index (χ3v) is 8.63. The van der Waals surface area contributed by atoms with Crippen LogP contribution in [0, 0.1) is 6.92 Å². The number of benzene rings is 3. The lowest BCUT2D eigenvalue weighted by Gasteiger charge is -2.24. The first-order valence-corrected chi connectivity index (χ1v) is 12.1. The molecule has 0 saturated carbocycles. The molecule has 0 bridgehead atoms. The van der Waals surface area contributed by atoms with Gasteiger partial charge in [0.25, 0.3) is 0 Å². The van der Waals surface area contributed by atoms with Crippen molar-refractivity contribution >= 4 is 30.4 Å². The highest BCUT2D eigenvalue weighted by Gasteiger charge is 2.26. The number of esters is 1. The SMILES string of the molecule is Cc1cc(OC(=O)c2ccc([Si](C)(C)c3ccc(C(=O)O)cc3)cc2)ccc1O. The predicted octanol–water partition coefficient (Wildman–Crippen LogP) is 3.44. The summed E-state index contributed by atoms with van der Waals surface area (Å²) in [5.41, 5.74) is 1.33. The maximum atomic E-state index is 12.4. The first kappa shape index (κ1) is 20.4. The van der Waals surface area contributed by atoms with Gasteiger partial charge in [-0.2, -0.15) is 0 Å². The fourth-order valence-electron chi connectivity index (χ4n) is 3.08. The van der Waals surface area contributed by atoms with Gasteiger partial charge in [-0.05, 0) is 55.0 Å². The number of rotatable bonds is 5. The maximum Gasteiger partial charge on any atom is 0.343 e. The molecule has 2 N–H and O–H groups in total. The standard InChI is InChI=1S/C23H22O5Si/c1-15-14-18(8-13-21(15)24)28-23(27)17-6-11-20(12-7-17)29(2,3)19-9-4-16(5-10-19)22(25)26/h4-14,24H,1-3H3,(H,25,26). The Morgan fingerprint density at radius 1 is 0.828 bits per heavy atom. The van der Waals surface area contributed by atoms with Crippen LogP contribution in [0.3, 0.4) is 0 Å². The van der Waals surface area contributed by atoms with Crippen LogP contribution in [0.2, 0.25) is 13.1 Å². The molecule has 0 radical (unpaired) electrons. The van der Waals surface area contributed by atoms with E-state index in [9.17, 15) is 14.7 Å². The van der Waals surface area contributed by atoms with Gasteiger partial charge in [-0.15, -0.1) is 0 Å². The number of carbonyl (C=O) groups excluding carboxylic acids is 1. The van der Waals surface area contributed by atoms with Crippen molar-refractivity contribution in [2.75, 3.05) is 0 Å². The zero-order valence-electron chi connectivity index (χ0n) is 16.5. The molecule has 0 atom stereocenters. The van der Waals surface area contributed by atoms with Gasteiger partial charge in [-0.25, -0.2) is 9.59 Å². The molecule has 0 fully saturated rings. The van der Waals surface area contributed by atoms with E-state index in [2.05, 4.69) is 13.1 Å². The van der Waals surface area contributed by atoms with Gasteiger partial charge in [0.2, 0.25) is 0 Å². The van der Waals surface area contributed by atoms with E-state index in [-0.39, 0.29) is 11.3 Å². The number of carboxylic acids is 1. The number of aromatic hydroxyl groups is 1. The van der Waals surface area contributed by atoms with E-state index in [1.165, 1.54) is 6.07 Å². The van der Waals surface area contributed by atoms with Crippen molar-refractivity contribution in [3.8, 4) is 11.5 Å². The monoisotopic (exact) mass is 406 g/mol. The van der Waals surface area contributed by atoms with Crippen LogP contribution in [0.15, 0.2) is 66.7 Å². The molecule has 29 heavy (non-hydrogen) atoms. The molecule has 0 spiro atoms. The van der Waals surface area contributed by atoms with Crippen molar-refractivity contribution in [1.82, 2.24) is 0 Å². The van der Waals surface area contributed by atoms with Gasteiger partial charge in [-0.3, -0.25) is 0 Å². The fraction of sp³-hybridized carbons (Fsp3) is 0.130. The van der Waals surface area contributed by atoms with Crippen molar-refractivity contribution in [2.24, 2.45) is 0 Å². The Kier molecular flexibility index (Phi) is 5.56. The summed E-state index contributed by atoms with van der Waals surface area (Å²) in [5, 5.41) is 20.9. The van der Waals surface area contributed by atoms with Crippen LogP contribution < -0.4 is 15.1 Å². The second-order valence-electron chi connectivity index (χ2n) is 7.42. The highest BCUT2D eigenvalue weighted by atomic mass is 28.3. The normalized spacial score (nSPS) is 11.1. The van der Waals surface area contributed by atoms with Gasteiger partial charge in [0.05, 0.1) is 11.1 Å². The Morgan fingerprint density at radius 3 is 1.83 bits per heavy atom. The van der Waals surface area contributed by atoms with Crippen molar-refractivity contribution < 1.29 is 24.5 Å². The van der Waals surface area contributed by atoms with Crippen molar-refractivity contribution in [1.29, 1.82) is 0 Å². The van der Waals surface area contributed by atoms with Crippen LogP contribution in [0.25, 0.3) is 0 Å². The largest absolute Gasteiger partial charge is 0.508 e. The van der Waals surface area contributed by atoms with Gasteiger partial charge in [0.1, 0.15) is 19.6 Å². The minimum absolute atomic E-state index is 0.151. The van der Waals surface area contributed by atoms with E-state index < -0.39 is 20.0 Å². The molecule has 0 saturated heterocycles. The van der Waals surface area contributed by atoms with Crippen molar-refractivity contribution in [2.45, 2.75) is 20.0 Å². The summed E-state index contributed by atoms with van der Waals surface area (Å²) >= 11 is 0. The number of hydrogen-bond acceptors (Lipinski definition) is 4. The van der Waals surface area contributed by atoms with Gasteiger partial charge < -0.3 is 14.9 Å². The van der Waals surface area contributed by atoms with Gasteiger partial charge in [0, 0.05) is 0 Å². The number of phenolic OH excluding ortho intramolecular Hbond substituents is 1. The maximum absolute atomic E-state index is 12.4. The summed E-state index contributed by atoms with van der Waals surface area (Å²) in [6.45, 7) is 6.09. The third kappa shape index (κ3) is 4.38. The van der Waals surface area contributed by atoms with Crippen molar-refractivity contribution in [3.63, 3.8) is 0 Å². The smallest absolute Gasteiger partial charge is 0.343 e. The predicted molar refractivity (Wildman–Crippen MR) is 114 cm³/mol. The highest BCUT2D eigenvalue weighted by Crippen LogP contribution is 2.22. The van der Waals surface area contributed by atoms with Crippen LogP contribution in [-0.4, -0.2) is 30.2 Å². The van der Waals surface area contributed by atoms with Crippen LogP contribution in [0.4, 0.5) is 0 Å². The van der Waals surface area contributed by atoms with Crippen LogP contribution in [-0.2, 0) is 0 Å². The summed E-state index contributed by atoms with van der Waals surface area (Å²) in [6.07, 6.45) is 0. The molecule has 0 aliphatic heterocycles. The van der Waals surface area contributed by atoms with E-state index in [1.54, 1.807) is 43.3 Å². The Balaban J connectivity index is 1.78. The summed E-state index contributed by atoms with van der Waals surface area (Å²) < 4.78 is 5.39. The van der Waals surface area contributed by atoms with E-state index in [0.29, 0.717) is 16.9 Å². The van der Waals surface area contributed by atoms with Crippen molar-refractivity contribution in [3.05, 3.63) is 83.4 Å². The lowest BCUT2D eigenvalue weighted by molar-refractivity contribution is 0.0694. The molecular formula is C23H22O5Si. The summed E-state index contributed by atoms with van der Waals surface area (Å²) in [5.74, 6) is -0.880. The average molecular weight is 407 g/mol. The Hall–Kier alpha value is -3.38. The molecule has 5 nitrogen and oxygen atoms in total. The molecule has 3 aromatic rings. The quantitative estimate of drug-likeness (QED) is 0.385. The van der Waals surface area contributed by atoms with Gasteiger partial charge in [-0.1, -0.05) is 47.7 Å². The molecule has 0 aliphatic rings. The lowest BCUT2D eigenvalue weighted by Crippen LogP contribution is -2.52. The molecule has 3 rings (SSSR count). The molecule has 0 unspecified atom stereocenters. The average Bonchev–Trinajstić information content (AvgIpc) is 2.71. The second-order valence-corrected chi connectivity index (χ2v) is 11.8. The molecule has 0 aromatic heterocycles. The Bertz CT molecular complexity index is 1050. The first-order valence-electron chi connectivity index (χ1n) is 9.14. The number of carboxylic acid groups (broad SMARTS) is 1. The molecular weight excluding hydrogens is 384 g/mol. The van der Waals surface area contributed by atoms with E-state index >= 15 is 0 Å². The first-order chi connectivity index (χ1) is 13.7. The summed E-state index contributed by atoms with van der Waals surface area (Å²) in [4.78, 5) is 23.5. The van der Waals surface area contributed by atoms with Crippen LogP contribution in [0.5, 0.6) is 11.5 Å². The zero-order valence-corrected chi connectivity index (χ0v) is 17.5. The van der Waals surface area contributed by atoms with Gasteiger partial charge in [0.15, 0.2) is 0 Å². The van der Waals surface area contributed by atoms with Crippen LogP contribution >= 0.6 is 0 Å². The minimum atomic E-state index is -2.03. The molecule has 0 amide bonds. The molecule has 3 aromatic carbocycles. The topological polar surface area (TPSA) is 83.8 Å². The molecule has 0 heterocycles. The molecule has 0 aliphatic carbocycles. The number of ether oxygens (including phenoxy) is 1. The second kappa shape index (κ2) is 7.93. The molecule has 148 valence electrons. The van der Waals surface area contributed by atoms with Crippen LogP contribution in [0.1, 0.15) is 26.3 Å². The number of aryl methyl sites for hydroxylation is 1. The molecule has 6 heteroatoms. The van der Waals surface area contributed by atoms with E-state index in [1.807, 2.05) is 24.3 Å². The van der Waals surface area contributed by atoms with E-state index in [0.717, 1.165) is 10.4 Å². The zero-order chi connectivity index (χ0) is 21.2. The third-order valence-electron chi connectivity index (χ3n) is 5.07. The van der Waals surface area contributed by atoms with E-state index in [4.69, 9.17) is 9.84 Å². The fourth-order valence-corrected chi connectivity index (χ4v) is 5.41. The van der Waals surface area contributed by atoms with Gasteiger partial charge >= 0.3 is 11.9 Å².